The molecule has 26 heavy (non-hydrogen) atoms. The summed E-state index contributed by atoms with van der Waals surface area (Å²) in [6.45, 7) is 0.348. The molecule has 0 spiro atoms. The number of carbonyl (C=O) groups is 2. The molecule has 3 N–H and O–H groups in total. The zero-order valence-electron chi connectivity index (χ0n) is 14.3. The number of H-pyrrole nitrogens is 1. The predicted molar refractivity (Wildman–Crippen MR) is 95.9 cm³/mol. The Morgan fingerprint density at radius 2 is 2.12 bits per heavy atom. The van der Waals surface area contributed by atoms with Gasteiger partial charge < -0.3 is 20.4 Å². The maximum absolute atomic E-state index is 11.9. The molecule has 3 aromatic rings. The largest absolute Gasteiger partial charge is 0.497 e. The van der Waals surface area contributed by atoms with Gasteiger partial charge in [-0.3, -0.25) is 14.6 Å². The van der Waals surface area contributed by atoms with Crippen molar-refractivity contribution in [2.24, 2.45) is 0 Å². The molecule has 8 nitrogen and oxygen atoms in total. The van der Waals surface area contributed by atoms with Gasteiger partial charge in [-0.25, -0.2) is 4.98 Å². The van der Waals surface area contributed by atoms with E-state index in [1.807, 2.05) is 24.4 Å². The summed E-state index contributed by atoms with van der Waals surface area (Å²) in [7, 11) is 1.63. The van der Waals surface area contributed by atoms with Crippen molar-refractivity contribution in [3.05, 3.63) is 54.2 Å². The number of ether oxygens (including phenoxy) is 1. The third kappa shape index (κ3) is 4.15. The van der Waals surface area contributed by atoms with Gasteiger partial charge in [-0.05, 0) is 30.2 Å². The summed E-state index contributed by atoms with van der Waals surface area (Å²) in [5.74, 6) is 0.0887. The number of aromatic nitrogens is 3. The number of aromatic amines is 1. The number of amides is 2. The monoisotopic (exact) mass is 353 g/mol. The van der Waals surface area contributed by atoms with Crippen molar-refractivity contribution in [1.29, 1.82) is 0 Å². The fourth-order valence-corrected chi connectivity index (χ4v) is 2.56. The average molecular weight is 353 g/mol. The number of methoxy groups -OCH3 is 1. The van der Waals surface area contributed by atoms with Crippen LogP contribution in [0.5, 0.6) is 5.75 Å². The van der Waals surface area contributed by atoms with Crippen LogP contribution in [-0.4, -0.2) is 47.0 Å². The molecule has 0 aliphatic carbocycles. The van der Waals surface area contributed by atoms with Crippen molar-refractivity contribution in [1.82, 2.24) is 25.6 Å². The van der Waals surface area contributed by atoms with Crippen molar-refractivity contribution in [2.75, 3.05) is 20.2 Å². The zero-order chi connectivity index (χ0) is 18.4. The summed E-state index contributed by atoms with van der Waals surface area (Å²) in [5.41, 5.74) is 2.28. The minimum Gasteiger partial charge on any atom is -0.497 e. The molecule has 0 atom stereocenters. The van der Waals surface area contributed by atoms with E-state index in [2.05, 4.69) is 25.6 Å². The zero-order valence-corrected chi connectivity index (χ0v) is 14.3. The maximum atomic E-state index is 11.9. The topological polar surface area (TPSA) is 109 Å². The second-order valence-corrected chi connectivity index (χ2v) is 5.60. The van der Waals surface area contributed by atoms with E-state index < -0.39 is 5.91 Å². The molecule has 1 aromatic carbocycles. The van der Waals surface area contributed by atoms with Gasteiger partial charge in [0.05, 0.1) is 19.9 Å². The molecule has 0 unspecified atom stereocenters. The number of nitrogens with zero attached hydrogens (tertiary/aromatic N) is 2. The average Bonchev–Trinajstić information content (AvgIpc) is 3.09. The van der Waals surface area contributed by atoms with Gasteiger partial charge in [0.2, 0.25) is 5.91 Å². The van der Waals surface area contributed by atoms with E-state index in [0.29, 0.717) is 13.0 Å². The number of carbonyl (C=O) groups excluding carboxylic acids is 2. The molecule has 0 saturated carbocycles. The predicted octanol–water partition coefficient (Wildman–Crippen LogP) is 1.06. The first kappa shape index (κ1) is 17.4. The Labute approximate surface area is 150 Å². The molecule has 0 radical (unpaired) electrons. The Morgan fingerprint density at radius 1 is 1.23 bits per heavy atom. The third-order valence-electron chi connectivity index (χ3n) is 3.90. The molecule has 0 aliphatic heterocycles. The van der Waals surface area contributed by atoms with E-state index >= 15 is 0 Å². The smallest absolute Gasteiger partial charge is 0.271 e. The summed E-state index contributed by atoms with van der Waals surface area (Å²) in [6, 6.07) is 5.81. The van der Waals surface area contributed by atoms with Gasteiger partial charge in [-0.1, -0.05) is 0 Å². The van der Waals surface area contributed by atoms with Crippen LogP contribution in [0.4, 0.5) is 0 Å². The molecule has 0 saturated heterocycles. The standard InChI is InChI=1S/C18H19N5O3/c1-26-13-2-3-15-14(8-13)12(9-22-15)4-5-21-17(24)11-23-18(25)16-10-19-6-7-20-16/h2-3,6-10,22H,4-5,11H2,1H3,(H,21,24)(H,23,25). The summed E-state index contributed by atoms with van der Waals surface area (Å²) in [4.78, 5) is 34.6. The summed E-state index contributed by atoms with van der Waals surface area (Å²) >= 11 is 0. The molecule has 0 aliphatic rings. The van der Waals surface area contributed by atoms with Crippen LogP contribution in [0.15, 0.2) is 43.0 Å². The van der Waals surface area contributed by atoms with Crippen LogP contribution < -0.4 is 15.4 Å². The minimum atomic E-state index is -0.433. The number of rotatable bonds is 7. The highest BCUT2D eigenvalue weighted by Crippen LogP contribution is 2.23. The van der Waals surface area contributed by atoms with Gasteiger partial charge >= 0.3 is 0 Å². The van der Waals surface area contributed by atoms with Gasteiger partial charge in [-0.15, -0.1) is 0 Å². The molecule has 2 heterocycles. The number of hydrogen-bond acceptors (Lipinski definition) is 5. The molecule has 8 heteroatoms. The molecule has 2 aromatic heterocycles. The Bertz CT molecular complexity index is 908. The molecule has 0 bridgehead atoms. The van der Waals surface area contributed by atoms with Crippen LogP contribution in [0.3, 0.4) is 0 Å². The van der Waals surface area contributed by atoms with E-state index in [4.69, 9.17) is 4.74 Å². The number of nitrogens with one attached hydrogen (secondary N) is 3. The Morgan fingerprint density at radius 3 is 2.88 bits per heavy atom. The molecule has 3 rings (SSSR count). The van der Waals surface area contributed by atoms with Crippen LogP contribution >= 0.6 is 0 Å². The summed E-state index contributed by atoms with van der Waals surface area (Å²) in [5, 5.41) is 6.36. The van der Waals surface area contributed by atoms with E-state index in [1.54, 1.807) is 7.11 Å². The highest BCUT2D eigenvalue weighted by atomic mass is 16.5. The van der Waals surface area contributed by atoms with Crippen LogP contribution in [0, 0.1) is 0 Å². The van der Waals surface area contributed by atoms with Crippen molar-refractivity contribution >= 4 is 22.7 Å². The summed E-state index contributed by atoms with van der Waals surface area (Å²) in [6.07, 6.45) is 6.83. The van der Waals surface area contributed by atoms with Crippen LogP contribution in [0.2, 0.25) is 0 Å². The van der Waals surface area contributed by atoms with E-state index in [-0.39, 0.29) is 18.1 Å². The molecule has 2 amide bonds. The molecule has 134 valence electrons. The quantitative estimate of drug-likeness (QED) is 0.588. The highest BCUT2D eigenvalue weighted by Gasteiger charge is 2.10. The Hall–Kier alpha value is -3.42. The Balaban J connectivity index is 1.47. The lowest BCUT2D eigenvalue weighted by Crippen LogP contribution is -2.38. The van der Waals surface area contributed by atoms with Crippen molar-refractivity contribution in [3.8, 4) is 5.75 Å². The normalized spacial score (nSPS) is 10.5. The second kappa shape index (κ2) is 8.11. The lowest BCUT2D eigenvalue weighted by atomic mass is 10.1. The number of fused-ring (bicyclic) bond motifs is 1. The van der Waals surface area contributed by atoms with Crippen LogP contribution in [-0.2, 0) is 11.2 Å². The van der Waals surface area contributed by atoms with Gasteiger partial charge in [-0.2, -0.15) is 0 Å². The third-order valence-corrected chi connectivity index (χ3v) is 3.90. The second-order valence-electron chi connectivity index (χ2n) is 5.60. The minimum absolute atomic E-state index is 0.114. The van der Waals surface area contributed by atoms with E-state index in [0.717, 1.165) is 22.2 Å². The van der Waals surface area contributed by atoms with E-state index in [9.17, 15) is 9.59 Å². The molecule has 0 fully saturated rings. The fraction of sp³-hybridized carbons (Fsp3) is 0.222. The van der Waals surface area contributed by atoms with Crippen molar-refractivity contribution in [3.63, 3.8) is 0 Å². The Kier molecular flexibility index (Phi) is 5.43. The SMILES string of the molecule is COc1ccc2[nH]cc(CCNC(=O)CNC(=O)c3cnccn3)c2c1. The van der Waals surface area contributed by atoms with Gasteiger partial charge in [0.15, 0.2) is 0 Å². The van der Waals surface area contributed by atoms with E-state index in [1.165, 1.54) is 18.6 Å². The van der Waals surface area contributed by atoms with Crippen LogP contribution in [0.1, 0.15) is 16.1 Å². The van der Waals surface area contributed by atoms with Crippen LogP contribution in [0.25, 0.3) is 10.9 Å². The molecular weight excluding hydrogens is 334 g/mol. The number of benzene rings is 1. The first-order chi connectivity index (χ1) is 12.7. The van der Waals surface area contributed by atoms with Gasteiger partial charge in [0, 0.05) is 36.0 Å². The maximum Gasteiger partial charge on any atom is 0.271 e. The fourth-order valence-electron chi connectivity index (χ4n) is 2.56. The number of hydrogen-bond donors (Lipinski definition) is 3. The molecular formula is C18H19N5O3. The van der Waals surface area contributed by atoms with Gasteiger partial charge in [0.25, 0.3) is 5.91 Å². The highest BCUT2D eigenvalue weighted by molar-refractivity contribution is 5.94. The van der Waals surface area contributed by atoms with Crippen molar-refractivity contribution < 1.29 is 14.3 Å². The van der Waals surface area contributed by atoms with Gasteiger partial charge in [0.1, 0.15) is 11.4 Å². The first-order valence-electron chi connectivity index (χ1n) is 8.12. The van der Waals surface area contributed by atoms with Crippen molar-refractivity contribution in [2.45, 2.75) is 6.42 Å². The lowest BCUT2D eigenvalue weighted by molar-refractivity contribution is -0.120. The summed E-state index contributed by atoms with van der Waals surface area (Å²) < 4.78 is 5.25. The lowest BCUT2D eigenvalue weighted by Gasteiger charge is -2.06. The first-order valence-corrected chi connectivity index (χ1v) is 8.12.